The Labute approximate surface area is 166 Å². The maximum absolute atomic E-state index is 12.4. The zero-order chi connectivity index (χ0) is 19.1. The van der Waals surface area contributed by atoms with Crippen LogP contribution in [0.15, 0.2) is 42.5 Å². The fourth-order valence-electron chi connectivity index (χ4n) is 3.61. The van der Waals surface area contributed by atoms with Gasteiger partial charge in [-0.25, -0.2) is 0 Å². The van der Waals surface area contributed by atoms with Crippen molar-refractivity contribution in [2.75, 3.05) is 12.9 Å². The SMILES string of the molecule is CC[C@H](NC(=O)CSCc1ccc(OC)cc1)c1ccc2c(c1)CCCC2. The predicted molar refractivity (Wildman–Crippen MR) is 113 cm³/mol. The van der Waals surface area contributed by atoms with Crippen LogP contribution in [0.1, 0.15) is 54.5 Å². The van der Waals surface area contributed by atoms with Gasteiger partial charge in [0.15, 0.2) is 0 Å². The number of carbonyl (C=O) groups excluding carboxylic acids is 1. The first-order valence-corrected chi connectivity index (χ1v) is 11.0. The molecule has 3 rings (SSSR count). The highest BCUT2D eigenvalue weighted by Gasteiger charge is 2.16. The highest BCUT2D eigenvalue weighted by atomic mass is 32.2. The van der Waals surface area contributed by atoms with E-state index in [1.165, 1.54) is 47.9 Å². The molecule has 1 atom stereocenters. The van der Waals surface area contributed by atoms with Crippen LogP contribution in [-0.2, 0) is 23.4 Å². The maximum Gasteiger partial charge on any atom is 0.230 e. The summed E-state index contributed by atoms with van der Waals surface area (Å²) in [4.78, 5) is 12.4. The van der Waals surface area contributed by atoms with E-state index in [2.05, 4.69) is 30.4 Å². The number of thioether (sulfide) groups is 1. The number of hydrogen-bond acceptors (Lipinski definition) is 3. The minimum atomic E-state index is 0.103. The Hall–Kier alpha value is -1.94. The molecule has 0 fully saturated rings. The third-order valence-electron chi connectivity index (χ3n) is 5.18. The zero-order valence-corrected chi connectivity index (χ0v) is 17.1. The number of methoxy groups -OCH3 is 1. The number of benzene rings is 2. The van der Waals surface area contributed by atoms with E-state index in [0.717, 1.165) is 17.9 Å². The van der Waals surface area contributed by atoms with Gasteiger partial charge in [0.25, 0.3) is 0 Å². The van der Waals surface area contributed by atoms with Crippen LogP contribution in [0.25, 0.3) is 0 Å². The highest BCUT2D eigenvalue weighted by molar-refractivity contribution is 7.99. The summed E-state index contributed by atoms with van der Waals surface area (Å²) >= 11 is 1.65. The predicted octanol–water partition coefficient (Wildman–Crippen LogP) is 5.07. The number of carbonyl (C=O) groups is 1. The molecule has 2 aromatic carbocycles. The van der Waals surface area contributed by atoms with Gasteiger partial charge in [-0.2, -0.15) is 0 Å². The fourth-order valence-corrected chi connectivity index (χ4v) is 4.41. The van der Waals surface area contributed by atoms with Crippen LogP contribution < -0.4 is 10.1 Å². The van der Waals surface area contributed by atoms with Gasteiger partial charge in [-0.15, -0.1) is 11.8 Å². The summed E-state index contributed by atoms with van der Waals surface area (Å²) in [7, 11) is 1.67. The topological polar surface area (TPSA) is 38.3 Å². The molecule has 0 saturated heterocycles. The number of rotatable bonds is 8. The van der Waals surface area contributed by atoms with Crippen molar-refractivity contribution in [2.24, 2.45) is 0 Å². The minimum Gasteiger partial charge on any atom is -0.497 e. The summed E-state index contributed by atoms with van der Waals surface area (Å²) in [5.41, 5.74) is 5.41. The average molecular weight is 384 g/mol. The minimum absolute atomic E-state index is 0.103. The molecule has 0 radical (unpaired) electrons. The van der Waals surface area contributed by atoms with Gasteiger partial charge in [0.2, 0.25) is 5.91 Å². The van der Waals surface area contributed by atoms with E-state index >= 15 is 0 Å². The summed E-state index contributed by atoms with van der Waals surface area (Å²) < 4.78 is 5.17. The summed E-state index contributed by atoms with van der Waals surface area (Å²) in [5, 5.41) is 3.21. The van der Waals surface area contributed by atoms with Crippen LogP contribution >= 0.6 is 11.8 Å². The van der Waals surface area contributed by atoms with Gasteiger partial charge in [0.1, 0.15) is 5.75 Å². The van der Waals surface area contributed by atoms with Crippen LogP contribution in [0.4, 0.5) is 0 Å². The summed E-state index contributed by atoms with van der Waals surface area (Å²) in [6.45, 7) is 2.13. The lowest BCUT2D eigenvalue weighted by atomic mass is 9.89. The molecule has 1 N–H and O–H groups in total. The van der Waals surface area contributed by atoms with E-state index in [1.807, 2.05) is 24.3 Å². The molecule has 0 bridgehead atoms. The van der Waals surface area contributed by atoms with Crippen molar-refractivity contribution in [3.8, 4) is 5.75 Å². The Bertz CT molecular complexity index is 757. The molecule has 0 unspecified atom stereocenters. The van der Waals surface area contributed by atoms with E-state index in [0.29, 0.717) is 5.75 Å². The standard InChI is InChI=1S/C23H29NO2S/c1-3-22(20-11-10-18-6-4-5-7-19(18)14-20)24-23(25)16-27-15-17-8-12-21(26-2)13-9-17/h8-14,22H,3-7,15-16H2,1-2H3,(H,24,25)/t22-/m0/s1. The first kappa shape index (κ1) is 19.8. The van der Waals surface area contributed by atoms with Gasteiger partial charge in [-0.1, -0.05) is 37.3 Å². The maximum atomic E-state index is 12.4. The van der Waals surface area contributed by atoms with E-state index in [4.69, 9.17) is 4.74 Å². The average Bonchev–Trinajstić information content (AvgIpc) is 2.72. The monoisotopic (exact) mass is 383 g/mol. The lowest BCUT2D eigenvalue weighted by molar-refractivity contribution is -0.119. The van der Waals surface area contributed by atoms with Crippen molar-refractivity contribution in [3.05, 3.63) is 64.7 Å². The molecular formula is C23H29NO2S. The second-order valence-corrected chi connectivity index (χ2v) is 8.09. The van der Waals surface area contributed by atoms with Crippen molar-refractivity contribution in [3.63, 3.8) is 0 Å². The van der Waals surface area contributed by atoms with Crippen molar-refractivity contribution in [1.82, 2.24) is 5.32 Å². The Morgan fingerprint density at radius 3 is 2.56 bits per heavy atom. The third-order valence-corrected chi connectivity index (χ3v) is 6.18. The quantitative estimate of drug-likeness (QED) is 0.691. The molecule has 144 valence electrons. The van der Waals surface area contributed by atoms with E-state index in [9.17, 15) is 4.79 Å². The number of ether oxygens (including phenoxy) is 1. The van der Waals surface area contributed by atoms with Gasteiger partial charge in [-0.05, 0) is 66.5 Å². The smallest absolute Gasteiger partial charge is 0.230 e. The molecule has 0 aromatic heterocycles. The third kappa shape index (κ3) is 5.52. The number of hydrogen-bond donors (Lipinski definition) is 1. The lowest BCUT2D eigenvalue weighted by Crippen LogP contribution is -2.29. The molecule has 0 heterocycles. The van der Waals surface area contributed by atoms with E-state index in [-0.39, 0.29) is 11.9 Å². The van der Waals surface area contributed by atoms with Crippen LogP contribution in [0, 0.1) is 0 Å². The van der Waals surface area contributed by atoms with Gasteiger partial charge in [-0.3, -0.25) is 4.79 Å². The van der Waals surface area contributed by atoms with Gasteiger partial charge in [0, 0.05) is 5.75 Å². The second kappa shape index (κ2) is 9.84. The molecule has 4 heteroatoms. The van der Waals surface area contributed by atoms with Crippen molar-refractivity contribution in [1.29, 1.82) is 0 Å². The molecule has 0 aliphatic heterocycles. The molecular weight excluding hydrogens is 354 g/mol. The highest BCUT2D eigenvalue weighted by Crippen LogP contribution is 2.26. The normalized spacial score (nSPS) is 14.3. The molecule has 3 nitrogen and oxygen atoms in total. The van der Waals surface area contributed by atoms with Gasteiger partial charge < -0.3 is 10.1 Å². The Morgan fingerprint density at radius 1 is 1.11 bits per heavy atom. The molecule has 2 aromatic rings. The van der Waals surface area contributed by atoms with Crippen molar-refractivity contribution in [2.45, 2.75) is 50.8 Å². The Balaban J connectivity index is 1.50. The summed E-state index contributed by atoms with van der Waals surface area (Å²) in [6.07, 6.45) is 5.85. The first-order chi connectivity index (χ1) is 13.2. The Morgan fingerprint density at radius 2 is 1.85 bits per heavy atom. The van der Waals surface area contributed by atoms with Crippen molar-refractivity contribution >= 4 is 17.7 Å². The molecule has 0 spiro atoms. The summed E-state index contributed by atoms with van der Waals surface area (Å²) in [5.74, 6) is 2.27. The van der Waals surface area contributed by atoms with Crippen LogP contribution in [0.2, 0.25) is 0 Å². The second-order valence-electron chi connectivity index (χ2n) is 7.10. The molecule has 1 amide bonds. The van der Waals surface area contributed by atoms with E-state index < -0.39 is 0 Å². The van der Waals surface area contributed by atoms with Crippen molar-refractivity contribution < 1.29 is 9.53 Å². The fraction of sp³-hybridized carbons (Fsp3) is 0.435. The summed E-state index contributed by atoms with van der Waals surface area (Å²) in [6, 6.07) is 14.9. The number of aryl methyl sites for hydroxylation is 2. The molecule has 0 saturated carbocycles. The lowest BCUT2D eigenvalue weighted by Gasteiger charge is -2.21. The molecule has 27 heavy (non-hydrogen) atoms. The first-order valence-electron chi connectivity index (χ1n) is 9.81. The van der Waals surface area contributed by atoms with Gasteiger partial charge in [0.05, 0.1) is 18.9 Å². The van der Waals surface area contributed by atoms with Crippen LogP contribution in [0.3, 0.4) is 0 Å². The number of amides is 1. The molecule has 1 aliphatic rings. The largest absolute Gasteiger partial charge is 0.497 e. The van der Waals surface area contributed by atoms with E-state index in [1.54, 1.807) is 18.9 Å². The number of fused-ring (bicyclic) bond motifs is 1. The number of nitrogens with one attached hydrogen (secondary N) is 1. The molecule has 1 aliphatic carbocycles. The van der Waals surface area contributed by atoms with Crippen LogP contribution in [-0.4, -0.2) is 18.8 Å². The van der Waals surface area contributed by atoms with Gasteiger partial charge >= 0.3 is 0 Å². The Kier molecular flexibility index (Phi) is 7.22. The zero-order valence-electron chi connectivity index (χ0n) is 16.3. The van der Waals surface area contributed by atoms with Crippen LogP contribution in [0.5, 0.6) is 5.75 Å².